The largest absolute Gasteiger partial charge is 0.480 e. The van der Waals surface area contributed by atoms with Gasteiger partial charge < -0.3 is 25.0 Å². The molecule has 0 spiro atoms. The predicted molar refractivity (Wildman–Crippen MR) is 63.1 cm³/mol. The minimum atomic E-state index is -1.36. The Labute approximate surface area is 108 Å². The molecule has 1 aliphatic rings. The molecule has 2 atom stereocenters. The molecule has 1 aromatic rings. The number of ether oxygens (including phenoxy) is 2. The van der Waals surface area contributed by atoms with E-state index in [-0.39, 0.29) is 12.4 Å². The highest BCUT2D eigenvalue weighted by atomic mass is 16.7. The van der Waals surface area contributed by atoms with Crippen LogP contribution in [-0.4, -0.2) is 41.0 Å². The second-order valence-electron chi connectivity index (χ2n) is 4.10. The summed E-state index contributed by atoms with van der Waals surface area (Å²) in [6, 6.07) is 3.15. The molecule has 0 aromatic heterocycles. The van der Waals surface area contributed by atoms with Gasteiger partial charge in [0.15, 0.2) is 17.5 Å². The molecule has 0 radical (unpaired) electrons. The summed E-state index contributed by atoms with van der Waals surface area (Å²) in [6.45, 7) is 1.38. The summed E-state index contributed by atoms with van der Waals surface area (Å²) in [4.78, 5) is 22.8. The van der Waals surface area contributed by atoms with E-state index >= 15 is 0 Å². The number of fused-ring (bicyclic) bond motifs is 1. The third-order valence-electron chi connectivity index (χ3n) is 2.67. The van der Waals surface area contributed by atoms with E-state index in [1.807, 2.05) is 0 Å². The molecule has 3 N–H and O–H groups in total. The Hall–Kier alpha value is -2.28. The van der Waals surface area contributed by atoms with Gasteiger partial charge in [0, 0.05) is 5.56 Å². The SMILES string of the molecule is C[C@@H](O)[C@H](NC(=O)c1ccc2c(c1)OCO2)C(=O)O. The molecule has 0 fully saturated rings. The van der Waals surface area contributed by atoms with Crippen molar-refractivity contribution in [3.05, 3.63) is 23.8 Å². The van der Waals surface area contributed by atoms with Crippen molar-refractivity contribution in [1.29, 1.82) is 0 Å². The van der Waals surface area contributed by atoms with Crippen molar-refractivity contribution in [1.82, 2.24) is 5.32 Å². The number of nitrogens with one attached hydrogen (secondary N) is 1. The number of carboxylic acids is 1. The van der Waals surface area contributed by atoms with E-state index in [0.29, 0.717) is 11.5 Å². The molecule has 1 aromatic carbocycles. The average molecular weight is 267 g/mol. The van der Waals surface area contributed by atoms with Crippen LogP contribution in [0.1, 0.15) is 17.3 Å². The van der Waals surface area contributed by atoms with Gasteiger partial charge in [-0.15, -0.1) is 0 Å². The standard InChI is InChI=1S/C12H13NO6/c1-6(14)10(12(16)17)13-11(15)7-2-3-8-9(4-7)19-5-18-8/h2-4,6,10,14H,5H2,1H3,(H,13,15)(H,16,17)/t6-,10+/m1/s1. The minimum Gasteiger partial charge on any atom is -0.480 e. The molecule has 0 bridgehead atoms. The first-order valence-corrected chi connectivity index (χ1v) is 5.60. The first-order valence-electron chi connectivity index (χ1n) is 5.60. The van der Waals surface area contributed by atoms with Crippen LogP contribution >= 0.6 is 0 Å². The Morgan fingerprint density at radius 3 is 2.63 bits per heavy atom. The lowest BCUT2D eigenvalue weighted by atomic mass is 10.1. The highest BCUT2D eigenvalue weighted by molar-refractivity contribution is 5.97. The van der Waals surface area contributed by atoms with Crippen molar-refractivity contribution in [3.8, 4) is 11.5 Å². The van der Waals surface area contributed by atoms with E-state index in [2.05, 4.69) is 5.32 Å². The van der Waals surface area contributed by atoms with Gasteiger partial charge in [-0.2, -0.15) is 0 Å². The molecule has 7 nitrogen and oxygen atoms in total. The van der Waals surface area contributed by atoms with Crippen LogP contribution in [-0.2, 0) is 4.79 Å². The van der Waals surface area contributed by atoms with Crippen molar-refractivity contribution in [3.63, 3.8) is 0 Å². The fourth-order valence-electron chi connectivity index (χ4n) is 1.65. The number of aliphatic carboxylic acids is 1. The zero-order valence-corrected chi connectivity index (χ0v) is 10.1. The first-order chi connectivity index (χ1) is 8.99. The summed E-state index contributed by atoms with van der Waals surface area (Å²) in [5.74, 6) is -0.950. The normalized spacial score (nSPS) is 15.7. The highest BCUT2D eigenvalue weighted by Gasteiger charge is 2.26. The number of carbonyl (C=O) groups is 2. The Balaban J connectivity index is 2.13. The molecule has 102 valence electrons. The van der Waals surface area contributed by atoms with Crippen LogP contribution in [0.5, 0.6) is 11.5 Å². The summed E-state index contributed by atoms with van der Waals surface area (Å²) in [5, 5.41) is 20.4. The fraction of sp³-hybridized carbons (Fsp3) is 0.333. The number of rotatable bonds is 4. The molecule has 0 unspecified atom stereocenters. The second kappa shape index (κ2) is 5.15. The molecular weight excluding hydrogens is 254 g/mol. The first kappa shape index (κ1) is 13.2. The summed E-state index contributed by atoms with van der Waals surface area (Å²) in [6.07, 6.45) is -1.20. The van der Waals surface area contributed by atoms with Crippen LogP contribution < -0.4 is 14.8 Å². The average Bonchev–Trinajstić information content (AvgIpc) is 2.81. The molecule has 1 amide bonds. The number of amides is 1. The van der Waals surface area contributed by atoms with Gasteiger partial charge in [0.25, 0.3) is 5.91 Å². The van der Waals surface area contributed by atoms with Gasteiger partial charge in [0.2, 0.25) is 6.79 Å². The van der Waals surface area contributed by atoms with Gasteiger partial charge in [0.1, 0.15) is 0 Å². The molecular formula is C12H13NO6. The van der Waals surface area contributed by atoms with Gasteiger partial charge in [-0.3, -0.25) is 4.79 Å². The van der Waals surface area contributed by atoms with Gasteiger partial charge in [-0.1, -0.05) is 0 Å². The summed E-state index contributed by atoms with van der Waals surface area (Å²) < 4.78 is 10.2. The van der Waals surface area contributed by atoms with Crippen molar-refractivity contribution >= 4 is 11.9 Å². The maximum absolute atomic E-state index is 11.9. The van der Waals surface area contributed by atoms with E-state index in [0.717, 1.165) is 0 Å². The zero-order chi connectivity index (χ0) is 14.0. The lowest BCUT2D eigenvalue weighted by Gasteiger charge is -2.17. The van der Waals surface area contributed by atoms with Crippen molar-refractivity contribution in [2.75, 3.05) is 6.79 Å². The van der Waals surface area contributed by atoms with Crippen LogP contribution in [0.2, 0.25) is 0 Å². The quantitative estimate of drug-likeness (QED) is 0.708. The van der Waals surface area contributed by atoms with Gasteiger partial charge in [-0.05, 0) is 25.1 Å². The number of hydrogen-bond donors (Lipinski definition) is 3. The molecule has 7 heteroatoms. The van der Waals surface area contributed by atoms with E-state index in [1.54, 1.807) is 6.07 Å². The maximum Gasteiger partial charge on any atom is 0.328 e. The van der Waals surface area contributed by atoms with E-state index in [1.165, 1.54) is 19.1 Å². The third kappa shape index (κ3) is 2.76. The second-order valence-corrected chi connectivity index (χ2v) is 4.10. The molecule has 0 saturated carbocycles. The van der Waals surface area contributed by atoms with Crippen molar-refractivity contribution < 1.29 is 29.3 Å². The van der Waals surface area contributed by atoms with Crippen molar-refractivity contribution in [2.45, 2.75) is 19.1 Å². The predicted octanol–water partition coefficient (Wildman–Crippen LogP) is -0.0209. The summed E-state index contributed by atoms with van der Waals surface area (Å²) in [7, 11) is 0. The van der Waals surface area contributed by atoms with Crippen LogP contribution in [0.25, 0.3) is 0 Å². The number of aliphatic hydroxyl groups is 1. The highest BCUT2D eigenvalue weighted by Crippen LogP contribution is 2.32. The fourth-order valence-corrected chi connectivity index (χ4v) is 1.65. The topological polar surface area (TPSA) is 105 Å². The Morgan fingerprint density at radius 2 is 2.00 bits per heavy atom. The number of benzene rings is 1. The van der Waals surface area contributed by atoms with E-state index in [9.17, 15) is 14.7 Å². The molecule has 19 heavy (non-hydrogen) atoms. The monoisotopic (exact) mass is 267 g/mol. The molecule has 0 aliphatic carbocycles. The lowest BCUT2D eigenvalue weighted by molar-refractivity contribution is -0.141. The smallest absolute Gasteiger partial charge is 0.328 e. The van der Waals surface area contributed by atoms with Crippen LogP contribution in [0.4, 0.5) is 0 Å². The van der Waals surface area contributed by atoms with Gasteiger partial charge in [-0.25, -0.2) is 4.79 Å². The Bertz CT molecular complexity index is 513. The number of aliphatic hydroxyl groups excluding tert-OH is 1. The van der Waals surface area contributed by atoms with Crippen molar-refractivity contribution in [2.24, 2.45) is 0 Å². The molecule has 2 rings (SSSR count). The molecule has 0 saturated heterocycles. The van der Waals surface area contributed by atoms with Crippen LogP contribution in [0, 0.1) is 0 Å². The minimum absolute atomic E-state index is 0.0891. The Morgan fingerprint density at radius 1 is 1.32 bits per heavy atom. The molecule has 1 heterocycles. The van der Waals surface area contributed by atoms with E-state index in [4.69, 9.17) is 14.6 Å². The van der Waals surface area contributed by atoms with Crippen LogP contribution in [0.3, 0.4) is 0 Å². The third-order valence-corrected chi connectivity index (χ3v) is 2.67. The van der Waals surface area contributed by atoms with Gasteiger partial charge >= 0.3 is 5.97 Å². The lowest BCUT2D eigenvalue weighted by Crippen LogP contribution is -2.47. The molecule has 1 aliphatic heterocycles. The van der Waals surface area contributed by atoms with Crippen LogP contribution in [0.15, 0.2) is 18.2 Å². The van der Waals surface area contributed by atoms with Gasteiger partial charge in [0.05, 0.1) is 6.10 Å². The number of carbonyl (C=O) groups excluding carboxylic acids is 1. The van der Waals surface area contributed by atoms with E-state index < -0.39 is 24.0 Å². The number of carboxylic acid groups (broad SMARTS) is 1. The zero-order valence-electron chi connectivity index (χ0n) is 10.1. The number of hydrogen-bond acceptors (Lipinski definition) is 5. The Kier molecular flexibility index (Phi) is 3.57. The summed E-state index contributed by atoms with van der Waals surface area (Å²) >= 11 is 0. The maximum atomic E-state index is 11.9. The summed E-state index contributed by atoms with van der Waals surface area (Å²) in [5.41, 5.74) is 0.233.